The molecule has 0 saturated heterocycles. The minimum atomic E-state index is -0.803. The molecule has 16 heavy (non-hydrogen) atoms. The number of halogens is 2. The summed E-state index contributed by atoms with van der Waals surface area (Å²) in [5.74, 6) is -1.32. The maximum atomic E-state index is 13.6. The molecule has 0 amide bonds. The summed E-state index contributed by atoms with van der Waals surface area (Å²) in [6, 6.07) is 2.34. The van der Waals surface area contributed by atoms with E-state index in [0.29, 0.717) is 23.8 Å². The summed E-state index contributed by atoms with van der Waals surface area (Å²) < 4.78 is 31.9. The minimum absolute atomic E-state index is 0.0562. The fourth-order valence-electron chi connectivity index (χ4n) is 1.95. The van der Waals surface area contributed by atoms with Crippen LogP contribution in [0.2, 0.25) is 0 Å². The second kappa shape index (κ2) is 3.04. The van der Waals surface area contributed by atoms with Gasteiger partial charge in [0.15, 0.2) is 11.4 Å². The van der Waals surface area contributed by atoms with Crippen LogP contribution in [-0.2, 0) is 6.42 Å². The average Bonchev–Trinajstić information content (AvgIpc) is 2.79. The lowest BCUT2D eigenvalue weighted by molar-refractivity contribution is 0.150. The fraction of sp³-hybridized carbons (Fsp3) is 0.333. The molecule has 1 N–H and O–H groups in total. The van der Waals surface area contributed by atoms with Gasteiger partial charge in [0.05, 0.1) is 11.9 Å². The molecular formula is C12H10F2O2. The molecule has 84 valence electrons. The molecule has 4 heteroatoms. The van der Waals surface area contributed by atoms with E-state index in [2.05, 4.69) is 0 Å². The maximum absolute atomic E-state index is 13.6. The molecule has 1 saturated carbocycles. The van der Waals surface area contributed by atoms with Gasteiger partial charge in [-0.15, -0.1) is 0 Å². The van der Waals surface area contributed by atoms with Gasteiger partial charge in [-0.25, -0.2) is 8.78 Å². The minimum Gasteiger partial charge on any atom is -0.461 e. The number of hydrogen-bond acceptors (Lipinski definition) is 2. The first kappa shape index (κ1) is 9.78. The van der Waals surface area contributed by atoms with Crippen LogP contribution in [0.15, 0.2) is 22.8 Å². The first-order valence-electron chi connectivity index (χ1n) is 5.15. The number of fused-ring (bicyclic) bond motifs is 1. The third-order valence-electron chi connectivity index (χ3n) is 3.08. The Kier molecular flexibility index (Phi) is 1.86. The van der Waals surface area contributed by atoms with Crippen molar-refractivity contribution in [2.24, 2.45) is 0 Å². The summed E-state index contributed by atoms with van der Waals surface area (Å²) in [5, 5.41) is 10.2. The lowest BCUT2D eigenvalue weighted by Gasteiger charge is -2.09. The van der Waals surface area contributed by atoms with Crippen LogP contribution >= 0.6 is 0 Å². The van der Waals surface area contributed by atoms with Crippen molar-refractivity contribution < 1.29 is 18.3 Å². The van der Waals surface area contributed by atoms with E-state index in [0.717, 1.165) is 6.07 Å². The van der Waals surface area contributed by atoms with Crippen molar-refractivity contribution in [3.63, 3.8) is 0 Å². The van der Waals surface area contributed by atoms with E-state index in [-0.39, 0.29) is 12.0 Å². The van der Waals surface area contributed by atoms with Gasteiger partial charge in [0.1, 0.15) is 5.82 Å². The van der Waals surface area contributed by atoms with Gasteiger partial charge in [-0.05, 0) is 18.9 Å². The molecule has 0 bridgehead atoms. The van der Waals surface area contributed by atoms with Crippen molar-refractivity contribution in [1.82, 2.24) is 0 Å². The highest BCUT2D eigenvalue weighted by Crippen LogP contribution is 2.40. The van der Waals surface area contributed by atoms with E-state index in [1.807, 2.05) is 0 Å². The lowest BCUT2D eigenvalue weighted by atomic mass is 10.0. The number of benzene rings is 1. The van der Waals surface area contributed by atoms with Crippen LogP contribution < -0.4 is 0 Å². The number of hydrogen-bond donors (Lipinski definition) is 1. The zero-order valence-corrected chi connectivity index (χ0v) is 8.46. The van der Waals surface area contributed by atoms with E-state index in [1.165, 1.54) is 12.3 Å². The third kappa shape index (κ3) is 1.41. The Morgan fingerprint density at radius 2 is 2.06 bits per heavy atom. The van der Waals surface area contributed by atoms with Crippen molar-refractivity contribution in [3.8, 4) is 0 Å². The smallest absolute Gasteiger partial charge is 0.169 e. The topological polar surface area (TPSA) is 33.4 Å². The Morgan fingerprint density at radius 1 is 1.31 bits per heavy atom. The summed E-state index contributed by atoms with van der Waals surface area (Å²) >= 11 is 0. The van der Waals surface area contributed by atoms with Gasteiger partial charge < -0.3 is 9.52 Å². The lowest BCUT2D eigenvalue weighted by Crippen LogP contribution is -2.12. The highest BCUT2D eigenvalue weighted by Gasteiger charge is 2.41. The van der Waals surface area contributed by atoms with Gasteiger partial charge in [-0.1, -0.05) is 0 Å². The van der Waals surface area contributed by atoms with Crippen molar-refractivity contribution in [2.45, 2.75) is 24.9 Å². The molecule has 1 aliphatic carbocycles. The summed E-state index contributed by atoms with van der Waals surface area (Å²) in [7, 11) is 0. The van der Waals surface area contributed by atoms with Crippen LogP contribution in [-0.4, -0.2) is 10.7 Å². The van der Waals surface area contributed by atoms with E-state index >= 15 is 0 Å². The van der Waals surface area contributed by atoms with Gasteiger partial charge >= 0.3 is 0 Å². The monoisotopic (exact) mass is 224 g/mol. The second-order valence-corrected chi connectivity index (χ2v) is 4.38. The van der Waals surface area contributed by atoms with Crippen molar-refractivity contribution in [3.05, 3.63) is 35.6 Å². The molecule has 1 aliphatic rings. The Morgan fingerprint density at radius 3 is 2.75 bits per heavy atom. The summed E-state index contributed by atoms with van der Waals surface area (Å²) in [4.78, 5) is 0. The van der Waals surface area contributed by atoms with Gasteiger partial charge in [-0.2, -0.15) is 0 Å². The molecule has 1 fully saturated rings. The quantitative estimate of drug-likeness (QED) is 0.850. The Hall–Kier alpha value is -1.42. The standard InChI is InChI=1S/C12H10F2O2/c13-9-5-10(14)11-7(1-4-16-11)8(9)6-12(15)2-3-12/h1,4-5,15H,2-3,6H2. The normalized spacial score (nSPS) is 17.9. The third-order valence-corrected chi connectivity index (χ3v) is 3.08. The van der Waals surface area contributed by atoms with Crippen LogP contribution in [0, 0.1) is 11.6 Å². The molecule has 2 aromatic rings. The van der Waals surface area contributed by atoms with Crippen molar-refractivity contribution in [2.75, 3.05) is 0 Å². The maximum Gasteiger partial charge on any atom is 0.169 e. The summed E-state index contributed by atoms with van der Waals surface area (Å²) in [6.45, 7) is 0. The predicted octanol–water partition coefficient (Wildman–Crippen LogP) is 2.78. The number of rotatable bonds is 2. The van der Waals surface area contributed by atoms with Gasteiger partial charge in [0.25, 0.3) is 0 Å². The largest absolute Gasteiger partial charge is 0.461 e. The van der Waals surface area contributed by atoms with Gasteiger partial charge in [0, 0.05) is 23.4 Å². The molecule has 1 heterocycles. The summed E-state index contributed by atoms with van der Waals surface area (Å²) in [5.41, 5.74) is -0.408. The molecule has 0 atom stereocenters. The van der Waals surface area contributed by atoms with Crippen LogP contribution in [0.4, 0.5) is 8.78 Å². The van der Waals surface area contributed by atoms with E-state index in [9.17, 15) is 13.9 Å². The van der Waals surface area contributed by atoms with Crippen LogP contribution in [0.5, 0.6) is 0 Å². The first-order valence-corrected chi connectivity index (χ1v) is 5.15. The van der Waals surface area contributed by atoms with E-state index in [4.69, 9.17) is 4.42 Å². The zero-order chi connectivity index (χ0) is 11.3. The molecule has 1 aromatic heterocycles. The first-order chi connectivity index (χ1) is 7.59. The Bertz CT molecular complexity index is 555. The molecule has 0 unspecified atom stereocenters. The van der Waals surface area contributed by atoms with Crippen molar-refractivity contribution >= 4 is 11.0 Å². The Labute approximate surface area is 90.5 Å². The van der Waals surface area contributed by atoms with E-state index < -0.39 is 17.2 Å². The zero-order valence-electron chi connectivity index (χ0n) is 8.46. The molecular weight excluding hydrogens is 214 g/mol. The molecule has 3 rings (SSSR count). The summed E-state index contributed by atoms with van der Waals surface area (Å²) in [6.07, 6.45) is 2.88. The highest BCUT2D eigenvalue weighted by atomic mass is 19.1. The molecule has 0 spiro atoms. The van der Waals surface area contributed by atoms with Crippen LogP contribution in [0.3, 0.4) is 0 Å². The highest BCUT2D eigenvalue weighted by molar-refractivity contribution is 5.81. The molecule has 2 nitrogen and oxygen atoms in total. The average molecular weight is 224 g/mol. The number of aliphatic hydroxyl groups is 1. The van der Waals surface area contributed by atoms with Crippen LogP contribution in [0.1, 0.15) is 18.4 Å². The number of furan rings is 1. The predicted molar refractivity (Wildman–Crippen MR) is 54.0 cm³/mol. The second-order valence-electron chi connectivity index (χ2n) is 4.38. The molecule has 0 radical (unpaired) electrons. The van der Waals surface area contributed by atoms with Gasteiger partial charge in [0.2, 0.25) is 0 Å². The van der Waals surface area contributed by atoms with Gasteiger partial charge in [-0.3, -0.25) is 0 Å². The van der Waals surface area contributed by atoms with Crippen LogP contribution in [0.25, 0.3) is 11.0 Å². The molecule has 0 aliphatic heterocycles. The Balaban J connectivity index is 2.18. The van der Waals surface area contributed by atoms with E-state index in [1.54, 1.807) is 0 Å². The SMILES string of the molecule is OC1(Cc2c(F)cc(F)c3occc23)CC1. The fourth-order valence-corrected chi connectivity index (χ4v) is 1.95. The van der Waals surface area contributed by atoms with Crippen molar-refractivity contribution in [1.29, 1.82) is 0 Å². The molecule has 1 aromatic carbocycles.